The number of nitrogens with one attached hydrogen (secondary N) is 3. The number of rotatable bonds is 9. The predicted molar refractivity (Wildman–Crippen MR) is 189 cm³/mol. The van der Waals surface area contributed by atoms with Gasteiger partial charge >= 0.3 is 0 Å². The SMILES string of the molecule is CCc1cc(Nc2ncc(Br)c(Nc3ccc4nccnc4c3P(C)(C)=O)n2)c(OC)nc1C1CCN(C2CCCNCC2)CC1. The van der Waals surface area contributed by atoms with Gasteiger partial charge in [-0.1, -0.05) is 6.92 Å². The largest absolute Gasteiger partial charge is 0.480 e. The standard InChI is InChI=1S/C33H43BrN9O2P/c1-5-21-19-27(32(45-2)41-28(21)22-11-17-43(18-12-22)23-7-6-13-35-14-10-23)40-33-38-20-24(34)31(42-33)39-26-9-8-25-29(37-16-15-36-25)30(26)46(3,4)44/h8-9,15-16,19-20,22-23,35H,5-7,10-14,17-18H2,1-4H3,(H2,38,39,40,42). The molecule has 1 unspecified atom stereocenters. The molecule has 3 aromatic heterocycles. The number of benzene rings is 1. The molecule has 3 N–H and O–H groups in total. The molecular weight excluding hydrogens is 665 g/mol. The Morgan fingerprint density at radius 1 is 1.02 bits per heavy atom. The van der Waals surface area contributed by atoms with Gasteiger partial charge in [-0.05, 0) is 118 Å². The summed E-state index contributed by atoms with van der Waals surface area (Å²) in [5, 5.41) is 10.9. The molecule has 0 radical (unpaired) electrons. The quantitative estimate of drug-likeness (QED) is 0.172. The molecule has 4 aromatic rings. The van der Waals surface area contributed by atoms with Crippen LogP contribution in [-0.2, 0) is 11.0 Å². The second kappa shape index (κ2) is 14.3. The number of nitrogens with zero attached hydrogens (tertiary/aromatic N) is 6. The number of hydrogen-bond donors (Lipinski definition) is 3. The van der Waals surface area contributed by atoms with E-state index in [0.29, 0.717) is 61.8 Å². The third-order valence-electron chi connectivity index (χ3n) is 9.05. The number of anilines is 4. The van der Waals surface area contributed by atoms with Crippen molar-refractivity contribution in [2.24, 2.45) is 0 Å². The van der Waals surface area contributed by atoms with Gasteiger partial charge in [-0.2, -0.15) is 4.98 Å². The smallest absolute Gasteiger partial charge is 0.237 e. The van der Waals surface area contributed by atoms with Crippen molar-refractivity contribution in [1.82, 2.24) is 35.1 Å². The Morgan fingerprint density at radius 3 is 2.59 bits per heavy atom. The first-order chi connectivity index (χ1) is 22.2. The van der Waals surface area contributed by atoms with Gasteiger partial charge in [0.05, 0.1) is 33.8 Å². The van der Waals surface area contributed by atoms with Crippen LogP contribution in [0.15, 0.2) is 41.3 Å². The fourth-order valence-electron chi connectivity index (χ4n) is 6.77. The third kappa shape index (κ3) is 7.20. The second-order valence-corrected chi connectivity index (χ2v) is 16.5. The Bertz CT molecular complexity index is 1730. The minimum atomic E-state index is -2.74. The molecule has 2 saturated heterocycles. The van der Waals surface area contributed by atoms with Crippen LogP contribution in [0.1, 0.15) is 56.2 Å². The van der Waals surface area contributed by atoms with Crippen molar-refractivity contribution in [1.29, 1.82) is 0 Å². The summed E-state index contributed by atoms with van der Waals surface area (Å²) < 4.78 is 19.9. The Kier molecular flexibility index (Phi) is 10.2. The van der Waals surface area contributed by atoms with Crippen LogP contribution >= 0.6 is 23.1 Å². The molecule has 46 heavy (non-hydrogen) atoms. The lowest BCUT2D eigenvalue weighted by molar-refractivity contribution is 0.140. The first-order valence-corrected chi connectivity index (χ1v) is 19.5. The van der Waals surface area contributed by atoms with Crippen LogP contribution < -0.4 is 26.0 Å². The van der Waals surface area contributed by atoms with E-state index in [0.717, 1.165) is 51.1 Å². The normalized spacial score (nSPS) is 18.3. The number of pyridine rings is 1. The molecule has 0 saturated carbocycles. The number of halogens is 1. The molecule has 5 heterocycles. The number of aryl methyl sites for hydroxylation is 1. The number of piperidine rings is 1. The summed E-state index contributed by atoms with van der Waals surface area (Å²) in [6.45, 7) is 10.1. The zero-order chi connectivity index (χ0) is 32.3. The van der Waals surface area contributed by atoms with Crippen molar-refractivity contribution in [2.45, 2.75) is 57.4 Å². The van der Waals surface area contributed by atoms with E-state index in [9.17, 15) is 4.57 Å². The van der Waals surface area contributed by atoms with Gasteiger partial charge in [0.25, 0.3) is 0 Å². The van der Waals surface area contributed by atoms with Gasteiger partial charge in [-0.25, -0.2) is 9.97 Å². The van der Waals surface area contributed by atoms with Crippen molar-refractivity contribution < 1.29 is 9.30 Å². The van der Waals surface area contributed by atoms with Gasteiger partial charge in [0, 0.05) is 30.6 Å². The van der Waals surface area contributed by atoms with E-state index < -0.39 is 7.14 Å². The summed E-state index contributed by atoms with van der Waals surface area (Å²) in [4.78, 5) is 26.0. The minimum absolute atomic E-state index is 0.380. The van der Waals surface area contributed by atoms with Crippen LogP contribution in [-0.4, -0.2) is 82.5 Å². The highest BCUT2D eigenvalue weighted by molar-refractivity contribution is 9.10. The molecule has 244 valence electrons. The van der Waals surface area contributed by atoms with Crippen molar-refractivity contribution >= 4 is 62.6 Å². The Hall–Kier alpha value is -3.18. The average molecular weight is 709 g/mol. The summed E-state index contributed by atoms with van der Waals surface area (Å²) in [5.74, 6) is 1.83. The maximum Gasteiger partial charge on any atom is 0.237 e. The van der Waals surface area contributed by atoms with E-state index in [4.69, 9.17) is 14.7 Å². The van der Waals surface area contributed by atoms with Gasteiger partial charge in [0.15, 0.2) is 0 Å². The van der Waals surface area contributed by atoms with Crippen molar-refractivity contribution in [3.8, 4) is 5.88 Å². The van der Waals surface area contributed by atoms with Crippen LogP contribution in [0.2, 0.25) is 0 Å². The second-order valence-electron chi connectivity index (χ2n) is 12.5. The molecule has 11 nitrogen and oxygen atoms in total. The monoisotopic (exact) mass is 707 g/mol. The van der Waals surface area contributed by atoms with Crippen molar-refractivity contribution in [3.63, 3.8) is 0 Å². The maximum atomic E-state index is 13.4. The molecule has 2 fully saturated rings. The van der Waals surface area contributed by atoms with Crippen LogP contribution in [0.3, 0.4) is 0 Å². The van der Waals surface area contributed by atoms with E-state index in [-0.39, 0.29) is 0 Å². The summed E-state index contributed by atoms with van der Waals surface area (Å²) in [6.07, 6.45) is 11.8. The lowest BCUT2D eigenvalue weighted by Gasteiger charge is -2.37. The topological polar surface area (TPSA) is 130 Å². The molecular formula is C33H43BrN9O2P. The van der Waals surface area contributed by atoms with Crippen LogP contribution in [0.25, 0.3) is 11.0 Å². The zero-order valence-electron chi connectivity index (χ0n) is 27.0. The Morgan fingerprint density at radius 2 is 1.83 bits per heavy atom. The first-order valence-electron chi connectivity index (χ1n) is 16.1. The van der Waals surface area contributed by atoms with Crippen LogP contribution in [0.4, 0.5) is 23.1 Å². The number of likely N-dealkylation sites (tertiary alicyclic amines) is 1. The summed E-state index contributed by atoms with van der Waals surface area (Å²) in [7, 11) is -1.09. The van der Waals surface area contributed by atoms with Gasteiger partial charge in [-0.15, -0.1) is 0 Å². The molecule has 2 aliphatic rings. The number of hydrogen-bond acceptors (Lipinski definition) is 11. The average Bonchev–Trinajstić information content (AvgIpc) is 3.35. The number of methoxy groups -OCH3 is 1. The van der Waals surface area contributed by atoms with Gasteiger partial charge < -0.3 is 30.2 Å². The highest BCUT2D eigenvalue weighted by Crippen LogP contribution is 2.41. The summed E-state index contributed by atoms with van der Waals surface area (Å²) >= 11 is 3.58. The molecule has 2 aliphatic heterocycles. The Balaban J connectivity index is 1.23. The van der Waals surface area contributed by atoms with Gasteiger partial charge in [0.1, 0.15) is 24.2 Å². The lowest BCUT2D eigenvalue weighted by Crippen LogP contribution is -2.41. The molecule has 0 amide bonds. The highest BCUT2D eigenvalue weighted by atomic mass is 79.9. The van der Waals surface area contributed by atoms with E-state index in [1.165, 1.54) is 24.8 Å². The third-order valence-corrected chi connectivity index (χ3v) is 11.2. The van der Waals surface area contributed by atoms with Crippen LogP contribution in [0, 0.1) is 0 Å². The van der Waals surface area contributed by atoms with E-state index in [2.05, 4.69) is 64.7 Å². The first kappa shape index (κ1) is 32.7. The lowest BCUT2D eigenvalue weighted by atomic mass is 9.88. The fourth-order valence-corrected chi connectivity index (χ4v) is 8.45. The predicted octanol–water partition coefficient (Wildman–Crippen LogP) is 6.21. The number of fused-ring (bicyclic) bond motifs is 1. The molecule has 13 heteroatoms. The molecule has 1 aromatic carbocycles. The van der Waals surface area contributed by atoms with E-state index >= 15 is 0 Å². The van der Waals surface area contributed by atoms with Crippen LogP contribution in [0.5, 0.6) is 5.88 Å². The number of ether oxygens (including phenoxy) is 1. The molecule has 0 bridgehead atoms. The molecule has 0 spiro atoms. The van der Waals surface area contributed by atoms with Crippen molar-refractivity contribution in [2.75, 3.05) is 57.3 Å². The van der Waals surface area contributed by atoms with Gasteiger partial charge in [-0.3, -0.25) is 9.97 Å². The fraction of sp³-hybridized carbons (Fsp3) is 0.485. The summed E-state index contributed by atoms with van der Waals surface area (Å²) in [6, 6.07) is 6.55. The maximum absolute atomic E-state index is 13.4. The zero-order valence-corrected chi connectivity index (χ0v) is 29.5. The highest BCUT2D eigenvalue weighted by Gasteiger charge is 2.29. The Labute approximate surface area is 279 Å². The number of aromatic nitrogens is 5. The van der Waals surface area contributed by atoms with Crippen molar-refractivity contribution in [3.05, 3.63) is 52.5 Å². The summed E-state index contributed by atoms with van der Waals surface area (Å²) in [5.41, 5.74) is 5.02. The minimum Gasteiger partial charge on any atom is -0.480 e. The van der Waals surface area contributed by atoms with E-state index in [1.807, 2.05) is 12.1 Å². The van der Waals surface area contributed by atoms with E-state index in [1.54, 1.807) is 39.0 Å². The molecule has 6 rings (SSSR count). The van der Waals surface area contributed by atoms with Gasteiger partial charge in [0.2, 0.25) is 11.8 Å². The molecule has 1 atom stereocenters. The molecule has 0 aliphatic carbocycles.